The first-order valence-corrected chi connectivity index (χ1v) is 3.51. The van der Waals surface area contributed by atoms with E-state index in [-0.39, 0.29) is 10.6 Å². The molecule has 0 saturated carbocycles. The minimum atomic E-state index is -0.859. The molecule has 0 bridgehead atoms. The Labute approximate surface area is 72.9 Å². The third-order valence-corrected chi connectivity index (χ3v) is 1.91. The summed E-state index contributed by atoms with van der Waals surface area (Å²) in [7, 11) is 0. The van der Waals surface area contributed by atoms with E-state index in [9.17, 15) is 14.5 Å². The number of benzene rings is 1. The molecule has 1 rings (SSSR count). The summed E-state index contributed by atoms with van der Waals surface area (Å²) < 4.78 is 12.8. The number of hydrogen-bond acceptors (Lipinski definition) is 2. The normalized spacial score (nSPS) is 9.92. The van der Waals surface area contributed by atoms with E-state index in [1.165, 1.54) is 13.0 Å². The molecule has 0 N–H and O–H groups in total. The van der Waals surface area contributed by atoms with Crippen LogP contribution in [0.4, 0.5) is 10.1 Å². The SMILES string of the molecule is Cc1c(Cl)ccc(F)c1[N+](=O)[O-]. The second-order valence-electron chi connectivity index (χ2n) is 2.26. The summed E-state index contributed by atoms with van der Waals surface area (Å²) in [5.74, 6) is -0.859. The molecular weight excluding hydrogens is 185 g/mol. The molecule has 0 radical (unpaired) electrons. The number of nitro groups is 1. The van der Waals surface area contributed by atoms with Crippen molar-refractivity contribution in [1.29, 1.82) is 0 Å². The summed E-state index contributed by atoms with van der Waals surface area (Å²) in [6, 6.07) is 2.27. The van der Waals surface area contributed by atoms with Crippen molar-refractivity contribution < 1.29 is 9.31 Å². The first-order valence-electron chi connectivity index (χ1n) is 3.13. The molecule has 5 heteroatoms. The Bertz CT molecular complexity index is 340. The van der Waals surface area contributed by atoms with Crippen molar-refractivity contribution in [3.05, 3.63) is 38.7 Å². The highest BCUT2D eigenvalue weighted by Gasteiger charge is 2.19. The number of nitro benzene ring substituents is 1. The summed E-state index contributed by atoms with van der Waals surface area (Å²) in [6.07, 6.45) is 0. The van der Waals surface area contributed by atoms with E-state index in [4.69, 9.17) is 11.6 Å². The first-order chi connectivity index (χ1) is 5.54. The van der Waals surface area contributed by atoms with Crippen LogP contribution in [0.5, 0.6) is 0 Å². The highest BCUT2D eigenvalue weighted by atomic mass is 35.5. The van der Waals surface area contributed by atoms with E-state index < -0.39 is 16.4 Å². The van der Waals surface area contributed by atoms with Crippen LogP contribution in [0.15, 0.2) is 12.1 Å². The van der Waals surface area contributed by atoms with Gasteiger partial charge < -0.3 is 0 Å². The van der Waals surface area contributed by atoms with Crippen LogP contribution in [0, 0.1) is 22.9 Å². The van der Waals surface area contributed by atoms with Crippen LogP contribution in [0.2, 0.25) is 5.02 Å². The lowest BCUT2D eigenvalue weighted by Crippen LogP contribution is -1.95. The summed E-state index contributed by atoms with van der Waals surface area (Å²) in [5.41, 5.74) is -0.399. The maximum Gasteiger partial charge on any atom is 0.309 e. The Morgan fingerprint density at radius 2 is 2.17 bits per heavy atom. The molecule has 64 valence electrons. The van der Waals surface area contributed by atoms with Crippen molar-refractivity contribution in [3.8, 4) is 0 Å². The minimum absolute atomic E-state index is 0.154. The van der Waals surface area contributed by atoms with E-state index in [1.54, 1.807) is 0 Å². The fraction of sp³-hybridized carbons (Fsp3) is 0.143. The van der Waals surface area contributed by atoms with Gasteiger partial charge in [0.2, 0.25) is 5.82 Å². The largest absolute Gasteiger partial charge is 0.309 e. The molecule has 0 atom stereocenters. The fourth-order valence-electron chi connectivity index (χ4n) is 0.867. The van der Waals surface area contributed by atoms with Crippen LogP contribution in [-0.2, 0) is 0 Å². The van der Waals surface area contributed by atoms with Gasteiger partial charge in [-0.15, -0.1) is 0 Å². The summed E-state index contributed by atoms with van der Waals surface area (Å²) in [5, 5.41) is 10.5. The topological polar surface area (TPSA) is 43.1 Å². The number of nitrogens with zero attached hydrogens (tertiary/aromatic N) is 1. The predicted molar refractivity (Wildman–Crippen MR) is 42.8 cm³/mol. The van der Waals surface area contributed by atoms with Crippen LogP contribution >= 0.6 is 11.6 Å². The number of hydrogen-bond donors (Lipinski definition) is 0. The molecule has 0 aliphatic rings. The lowest BCUT2D eigenvalue weighted by atomic mass is 10.2. The van der Waals surface area contributed by atoms with Gasteiger partial charge in [0.15, 0.2) is 0 Å². The van der Waals surface area contributed by atoms with Crippen molar-refractivity contribution >= 4 is 17.3 Å². The Hall–Kier alpha value is -1.16. The molecule has 3 nitrogen and oxygen atoms in total. The van der Waals surface area contributed by atoms with Gasteiger partial charge in [-0.05, 0) is 19.1 Å². The molecule has 0 unspecified atom stereocenters. The zero-order valence-corrected chi connectivity index (χ0v) is 6.93. The number of rotatable bonds is 1. The Kier molecular flexibility index (Phi) is 2.28. The first kappa shape index (κ1) is 8.93. The summed E-state index contributed by atoms with van der Waals surface area (Å²) >= 11 is 5.56. The molecule has 0 aliphatic heterocycles. The third kappa shape index (κ3) is 1.38. The van der Waals surface area contributed by atoms with Gasteiger partial charge in [0.1, 0.15) is 0 Å². The van der Waals surface area contributed by atoms with Gasteiger partial charge in [0.25, 0.3) is 0 Å². The van der Waals surface area contributed by atoms with Crippen molar-refractivity contribution in [2.75, 3.05) is 0 Å². The van der Waals surface area contributed by atoms with Gasteiger partial charge in [0, 0.05) is 5.56 Å². The zero-order valence-electron chi connectivity index (χ0n) is 6.17. The highest BCUT2D eigenvalue weighted by molar-refractivity contribution is 6.31. The molecule has 1 aromatic rings. The fourth-order valence-corrected chi connectivity index (χ4v) is 1.02. The van der Waals surface area contributed by atoms with E-state index in [2.05, 4.69) is 0 Å². The second-order valence-corrected chi connectivity index (χ2v) is 2.67. The van der Waals surface area contributed by atoms with Crippen LogP contribution in [0.3, 0.4) is 0 Å². The minimum Gasteiger partial charge on any atom is -0.258 e. The van der Waals surface area contributed by atoms with Crippen molar-refractivity contribution in [2.24, 2.45) is 0 Å². The zero-order chi connectivity index (χ0) is 9.30. The van der Waals surface area contributed by atoms with Crippen molar-refractivity contribution in [1.82, 2.24) is 0 Å². The van der Waals surface area contributed by atoms with Crippen molar-refractivity contribution in [3.63, 3.8) is 0 Å². The standard InChI is InChI=1S/C7H5ClFNO2/c1-4-5(8)2-3-6(9)7(4)10(11)12/h2-3H,1H3. The average molecular weight is 190 g/mol. The molecular formula is C7H5ClFNO2. The monoisotopic (exact) mass is 189 g/mol. The molecule has 0 saturated heterocycles. The van der Waals surface area contributed by atoms with Gasteiger partial charge in [-0.25, -0.2) is 0 Å². The van der Waals surface area contributed by atoms with Gasteiger partial charge in [-0.3, -0.25) is 10.1 Å². The predicted octanol–water partition coefficient (Wildman–Crippen LogP) is 2.70. The van der Waals surface area contributed by atoms with Gasteiger partial charge in [-0.2, -0.15) is 4.39 Å². The molecule has 0 fully saturated rings. The maximum atomic E-state index is 12.8. The third-order valence-electron chi connectivity index (χ3n) is 1.50. The summed E-state index contributed by atoms with van der Waals surface area (Å²) in [4.78, 5) is 9.52. The molecule has 0 aliphatic carbocycles. The summed E-state index contributed by atoms with van der Waals surface area (Å²) in [6.45, 7) is 1.41. The average Bonchev–Trinajstić information content (AvgIpc) is 1.97. The molecule has 1 aromatic carbocycles. The van der Waals surface area contributed by atoms with Crippen molar-refractivity contribution in [2.45, 2.75) is 6.92 Å². The van der Waals surface area contributed by atoms with Gasteiger partial charge in [-0.1, -0.05) is 11.6 Å². The lowest BCUT2D eigenvalue weighted by Gasteiger charge is -1.99. The maximum absolute atomic E-state index is 12.8. The second kappa shape index (κ2) is 3.06. The Morgan fingerprint density at radius 1 is 1.58 bits per heavy atom. The van der Waals surface area contributed by atoms with E-state index in [0.717, 1.165) is 6.07 Å². The molecule has 0 amide bonds. The van der Waals surface area contributed by atoms with E-state index >= 15 is 0 Å². The molecule has 0 aromatic heterocycles. The number of halogens is 2. The van der Waals surface area contributed by atoms with Crippen LogP contribution in [0.1, 0.15) is 5.56 Å². The van der Waals surface area contributed by atoms with Gasteiger partial charge >= 0.3 is 5.69 Å². The highest BCUT2D eigenvalue weighted by Crippen LogP contribution is 2.27. The van der Waals surface area contributed by atoms with Crippen LogP contribution in [-0.4, -0.2) is 4.92 Å². The smallest absolute Gasteiger partial charge is 0.258 e. The lowest BCUT2D eigenvalue weighted by molar-refractivity contribution is -0.388. The molecule has 12 heavy (non-hydrogen) atoms. The molecule has 0 spiro atoms. The van der Waals surface area contributed by atoms with Crippen LogP contribution in [0.25, 0.3) is 0 Å². The molecule has 0 heterocycles. The van der Waals surface area contributed by atoms with E-state index in [0.29, 0.717) is 0 Å². The Balaban J connectivity index is 3.43. The Morgan fingerprint density at radius 3 is 2.58 bits per heavy atom. The van der Waals surface area contributed by atoms with Crippen LogP contribution < -0.4 is 0 Å². The van der Waals surface area contributed by atoms with E-state index in [1.807, 2.05) is 0 Å². The van der Waals surface area contributed by atoms with Gasteiger partial charge in [0.05, 0.1) is 9.95 Å². The quantitative estimate of drug-likeness (QED) is 0.504.